The van der Waals surface area contributed by atoms with Crippen molar-refractivity contribution < 1.29 is 12.8 Å². The number of nitriles is 1. The molecule has 9 heteroatoms. The molecule has 4 rings (SSSR count). The molecular weight excluding hydrogens is 427 g/mol. The maximum absolute atomic E-state index is 13.1. The Morgan fingerprint density at radius 1 is 1.17 bits per heavy atom. The number of benzene rings is 2. The fraction of sp³-hybridized carbons (Fsp3) is 0.238. The van der Waals surface area contributed by atoms with Gasteiger partial charge in [-0.15, -0.1) is 0 Å². The fourth-order valence-corrected chi connectivity index (χ4v) is 5.17. The van der Waals surface area contributed by atoms with Gasteiger partial charge in [-0.05, 0) is 55.3 Å². The van der Waals surface area contributed by atoms with Crippen molar-refractivity contribution in [1.29, 1.82) is 5.26 Å². The van der Waals surface area contributed by atoms with Crippen molar-refractivity contribution in [2.24, 2.45) is 0 Å². The minimum Gasteiger partial charge on any atom is -0.370 e. The molecule has 0 saturated carbocycles. The molecule has 1 aliphatic heterocycles. The third kappa shape index (κ3) is 4.10. The first-order valence-corrected chi connectivity index (χ1v) is 11.2. The summed E-state index contributed by atoms with van der Waals surface area (Å²) in [5, 5.41) is 10.9. The number of aromatic nitrogens is 1. The van der Waals surface area contributed by atoms with Crippen molar-refractivity contribution in [1.82, 2.24) is 9.71 Å². The molecule has 1 fully saturated rings. The molecule has 1 aliphatic rings. The number of halogens is 2. The molecule has 2 aromatic carbocycles. The zero-order valence-corrected chi connectivity index (χ0v) is 17.4. The lowest BCUT2D eigenvalue weighted by atomic mass is 10.0. The number of hydrogen-bond acceptors (Lipinski definition) is 5. The molecule has 0 amide bonds. The average molecular weight is 445 g/mol. The summed E-state index contributed by atoms with van der Waals surface area (Å²) in [6, 6.07) is 12.0. The van der Waals surface area contributed by atoms with Crippen molar-refractivity contribution in [3.63, 3.8) is 0 Å². The summed E-state index contributed by atoms with van der Waals surface area (Å²) in [7, 11) is -3.73. The molecule has 0 unspecified atom stereocenters. The Morgan fingerprint density at radius 3 is 2.53 bits per heavy atom. The number of pyridine rings is 1. The Labute approximate surface area is 179 Å². The summed E-state index contributed by atoms with van der Waals surface area (Å²) < 4.78 is 40.9. The number of piperidine rings is 1. The van der Waals surface area contributed by atoms with Crippen LogP contribution in [0.2, 0.25) is 5.02 Å². The second kappa shape index (κ2) is 8.19. The van der Waals surface area contributed by atoms with E-state index < -0.39 is 15.8 Å². The summed E-state index contributed by atoms with van der Waals surface area (Å²) in [6.07, 6.45) is 2.68. The number of nitrogens with zero attached hydrogens (tertiary/aromatic N) is 3. The van der Waals surface area contributed by atoms with Gasteiger partial charge in [-0.2, -0.15) is 5.26 Å². The van der Waals surface area contributed by atoms with Crippen LogP contribution in [0.4, 0.5) is 10.1 Å². The number of rotatable bonds is 4. The SMILES string of the molecule is N#Cc1cnc2ccc(Cl)cc2c1N1CCC(NS(=O)(=O)c2ccc(F)cc2)CC1. The van der Waals surface area contributed by atoms with Crippen LogP contribution >= 0.6 is 11.6 Å². The first-order valence-electron chi connectivity index (χ1n) is 9.38. The van der Waals surface area contributed by atoms with E-state index in [0.717, 1.165) is 28.7 Å². The van der Waals surface area contributed by atoms with Gasteiger partial charge in [-0.25, -0.2) is 17.5 Å². The molecular formula is C21H18ClFN4O2S. The Kier molecular flexibility index (Phi) is 5.60. The predicted molar refractivity (Wildman–Crippen MR) is 113 cm³/mol. The van der Waals surface area contributed by atoms with Crippen LogP contribution in [0.3, 0.4) is 0 Å². The molecule has 0 aliphatic carbocycles. The summed E-state index contributed by atoms with van der Waals surface area (Å²) in [4.78, 5) is 6.43. The predicted octanol–water partition coefficient (Wildman–Crippen LogP) is 3.85. The molecule has 0 radical (unpaired) electrons. The Balaban J connectivity index is 1.53. The summed E-state index contributed by atoms with van der Waals surface area (Å²) in [6.45, 7) is 1.13. The Morgan fingerprint density at radius 2 is 1.87 bits per heavy atom. The molecule has 1 aromatic heterocycles. The molecule has 0 atom stereocenters. The highest BCUT2D eigenvalue weighted by molar-refractivity contribution is 7.89. The Bertz CT molecular complexity index is 1230. The van der Waals surface area contributed by atoms with Gasteiger partial charge in [0.25, 0.3) is 0 Å². The van der Waals surface area contributed by atoms with Gasteiger partial charge in [-0.1, -0.05) is 11.6 Å². The molecule has 1 N–H and O–H groups in total. The van der Waals surface area contributed by atoms with Crippen molar-refractivity contribution >= 4 is 38.2 Å². The lowest BCUT2D eigenvalue weighted by Crippen LogP contribution is -2.44. The van der Waals surface area contributed by atoms with Crippen molar-refractivity contribution in [3.8, 4) is 6.07 Å². The summed E-state index contributed by atoms with van der Waals surface area (Å²) >= 11 is 6.16. The zero-order chi connectivity index (χ0) is 21.3. The quantitative estimate of drug-likeness (QED) is 0.660. The second-order valence-electron chi connectivity index (χ2n) is 7.13. The molecule has 1 saturated heterocycles. The van der Waals surface area contributed by atoms with E-state index in [1.807, 2.05) is 6.07 Å². The number of fused-ring (bicyclic) bond motifs is 1. The van der Waals surface area contributed by atoms with Crippen molar-refractivity contribution in [3.05, 3.63) is 65.1 Å². The molecule has 154 valence electrons. The van der Waals surface area contributed by atoms with Crippen LogP contribution in [0.25, 0.3) is 10.9 Å². The van der Waals surface area contributed by atoms with E-state index in [2.05, 4.69) is 20.7 Å². The lowest BCUT2D eigenvalue weighted by Gasteiger charge is -2.34. The number of hydrogen-bond donors (Lipinski definition) is 1. The standard InChI is InChI=1S/C21H18ClFN4O2S/c22-15-1-6-20-19(11-15)21(14(12-24)13-25-20)27-9-7-17(8-10-27)26-30(28,29)18-4-2-16(23)3-5-18/h1-6,11,13,17,26H,7-10H2. The molecule has 6 nitrogen and oxygen atoms in total. The van der Waals surface area contributed by atoms with Crippen LogP contribution in [-0.2, 0) is 10.0 Å². The first-order chi connectivity index (χ1) is 14.4. The van der Waals surface area contributed by atoms with E-state index in [0.29, 0.717) is 36.5 Å². The highest BCUT2D eigenvalue weighted by Gasteiger charge is 2.27. The fourth-order valence-electron chi connectivity index (χ4n) is 3.70. The highest BCUT2D eigenvalue weighted by atomic mass is 35.5. The molecule has 30 heavy (non-hydrogen) atoms. The van der Waals surface area contributed by atoms with Crippen molar-refractivity contribution in [2.45, 2.75) is 23.8 Å². The van der Waals surface area contributed by atoms with Gasteiger partial charge < -0.3 is 4.90 Å². The first kappa shape index (κ1) is 20.5. The average Bonchev–Trinajstić information content (AvgIpc) is 2.73. The maximum atomic E-state index is 13.1. The van der Waals surface area contributed by atoms with Gasteiger partial charge >= 0.3 is 0 Å². The van der Waals surface area contributed by atoms with E-state index in [1.165, 1.54) is 12.1 Å². The van der Waals surface area contributed by atoms with E-state index in [-0.39, 0.29) is 10.9 Å². The number of sulfonamides is 1. The topological polar surface area (TPSA) is 86.1 Å². The van der Waals surface area contributed by atoms with E-state index in [4.69, 9.17) is 11.6 Å². The number of anilines is 1. The van der Waals surface area contributed by atoms with Gasteiger partial charge in [0, 0.05) is 35.7 Å². The van der Waals surface area contributed by atoms with Gasteiger partial charge in [0.15, 0.2) is 0 Å². The summed E-state index contributed by atoms with van der Waals surface area (Å²) in [5.74, 6) is -0.486. The van der Waals surface area contributed by atoms with Gasteiger partial charge in [0.1, 0.15) is 11.9 Å². The third-order valence-corrected chi connectivity index (χ3v) is 6.95. The molecule has 0 bridgehead atoms. The van der Waals surface area contributed by atoms with Gasteiger partial charge in [0.05, 0.1) is 21.7 Å². The van der Waals surface area contributed by atoms with Crippen LogP contribution in [-0.4, -0.2) is 32.5 Å². The number of nitrogens with one attached hydrogen (secondary N) is 1. The molecule has 2 heterocycles. The van der Waals surface area contributed by atoms with Crippen LogP contribution in [0, 0.1) is 17.1 Å². The second-order valence-corrected chi connectivity index (χ2v) is 9.28. The van der Waals surface area contributed by atoms with E-state index >= 15 is 0 Å². The van der Waals surface area contributed by atoms with Crippen LogP contribution < -0.4 is 9.62 Å². The monoisotopic (exact) mass is 444 g/mol. The van der Waals surface area contributed by atoms with E-state index in [9.17, 15) is 18.1 Å². The smallest absolute Gasteiger partial charge is 0.240 e. The van der Waals surface area contributed by atoms with Crippen LogP contribution in [0.5, 0.6) is 0 Å². The molecule has 0 spiro atoms. The summed E-state index contributed by atoms with van der Waals surface area (Å²) in [5.41, 5.74) is 1.97. The van der Waals surface area contributed by atoms with Crippen LogP contribution in [0.15, 0.2) is 53.6 Å². The minimum atomic E-state index is -3.73. The van der Waals surface area contributed by atoms with Crippen molar-refractivity contribution in [2.75, 3.05) is 18.0 Å². The maximum Gasteiger partial charge on any atom is 0.240 e. The lowest BCUT2D eigenvalue weighted by molar-refractivity contribution is 0.460. The Hall–Kier alpha value is -2.73. The van der Waals surface area contributed by atoms with Gasteiger partial charge in [-0.3, -0.25) is 4.98 Å². The van der Waals surface area contributed by atoms with Crippen LogP contribution in [0.1, 0.15) is 18.4 Å². The highest BCUT2D eigenvalue weighted by Crippen LogP contribution is 2.33. The molecule has 3 aromatic rings. The normalized spacial score (nSPS) is 15.3. The van der Waals surface area contributed by atoms with Gasteiger partial charge in [0.2, 0.25) is 10.0 Å². The van der Waals surface area contributed by atoms with E-state index in [1.54, 1.807) is 18.3 Å². The zero-order valence-electron chi connectivity index (χ0n) is 15.8. The third-order valence-electron chi connectivity index (χ3n) is 5.18. The minimum absolute atomic E-state index is 0.0351. The largest absolute Gasteiger partial charge is 0.370 e.